The Labute approximate surface area is 180 Å². The number of unbranched alkanes of at least 4 members (excludes halogenated alkanes) is 4. The van der Waals surface area contributed by atoms with Crippen LogP contribution in [0.15, 0.2) is 60.8 Å². The molecule has 0 aliphatic rings. The molecular formula is C26H33NO3. The summed E-state index contributed by atoms with van der Waals surface area (Å²) in [5.41, 5.74) is 3.27. The van der Waals surface area contributed by atoms with E-state index in [1.807, 2.05) is 24.3 Å². The van der Waals surface area contributed by atoms with Crippen molar-refractivity contribution in [1.82, 2.24) is 0 Å². The topological polar surface area (TPSA) is 55.4 Å². The van der Waals surface area contributed by atoms with E-state index in [0.29, 0.717) is 17.7 Å². The molecule has 1 N–H and O–H groups in total. The first-order valence-electron chi connectivity index (χ1n) is 11.0. The number of aryl methyl sites for hydroxylation is 1. The van der Waals surface area contributed by atoms with Crippen molar-refractivity contribution < 1.29 is 14.3 Å². The lowest BCUT2D eigenvalue weighted by Gasteiger charge is -2.05. The number of allylic oxidation sites excluding steroid dienone is 1. The maximum absolute atomic E-state index is 12.3. The second-order valence-corrected chi connectivity index (χ2v) is 7.42. The summed E-state index contributed by atoms with van der Waals surface area (Å²) in [6.07, 6.45) is 11.0. The zero-order valence-electron chi connectivity index (χ0n) is 18.2. The van der Waals surface area contributed by atoms with Gasteiger partial charge in [0.25, 0.3) is 0 Å². The first-order chi connectivity index (χ1) is 14.6. The second kappa shape index (κ2) is 13.4. The lowest BCUT2D eigenvalue weighted by molar-refractivity contribution is 0.0499. The highest BCUT2D eigenvalue weighted by molar-refractivity contribution is 6.04. The van der Waals surface area contributed by atoms with Crippen LogP contribution in [-0.2, 0) is 11.2 Å². The fourth-order valence-corrected chi connectivity index (χ4v) is 3.00. The highest BCUT2D eigenvalue weighted by atomic mass is 16.5. The number of ether oxygens (including phenoxy) is 1. The molecule has 160 valence electrons. The number of hydrogen-bond donors (Lipinski definition) is 1. The van der Waals surface area contributed by atoms with E-state index >= 15 is 0 Å². The molecule has 0 atom stereocenters. The summed E-state index contributed by atoms with van der Waals surface area (Å²) in [6, 6.07) is 14.9. The number of carbonyl (C=O) groups is 2. The van der Waals surface area contributed by atoms with Crippen LogP contribution in [0.3, 0.4) is 0 Å². The van der Waals surface area contributed by atoms with E-state index < -0.39 is 0 Å². The molecule has 0 saturated heterocycles. The normalized spacial score (nSPS) is 10.9. The Hall–Kier alpha value is -2.88. The van der Waals surface area contributed by atoms with Crippen LogP contribution in [0.5, 0.6) is 0 Å². The van der Waals surface area contributed by atoms with E-state index in [-0.39, 0.29) is 11.8 Å². The van der Waals surface area contributed by atoms with Crippen LogP contribution in [0, 0.1) is 0 Å². The van der Waals surface area contributed by atoms with Gasteiger partial charge in [0.1, 0.15) is 0 Å². The molecular weight excluding hydrogens is 374 g/mol. The monoisotopic (exact) mass is 407 g/mol. The van der Waals surface area contributed by atoms with E-state index in [1.165, 1.54) is 37.3 Å². The van der Waals surface area contributed by atoms with E-state index in [4.69, 9.17) is 4.74 Å². The number of esters is 1. The Bertz CT molecular complexity index is 807. The van der Waals surface area contributed by atoms with Crippen molar-refractivity contribution in [2.24, 2.45) is 0 Å². The molecule has 0 aliphatic heterocycles. The molecule has 0 saturated carbocycles. The van der Waals surface area contributed by atoms with E-state index in [0.717, 1.165) is 24.9 Å². The summed E-state index contributed by atoms with van der Waals surface area (Å²) in [5.74, 6) is -0.356. The Morgan fingerprint density at radius 2 is 1.50 bits per heavy atom. The standard InChI is InChI=1S/C26H33NO3/c1-3-5-7-8-9-21-10-12-22(13-11-21)25(28)18-19-27-24-16-14-23(15-17-24)26(29)30-20-6-4-2/h10-19,27H,3-9,20H2,1-2H3/b19-18+. The molecule has 0 aromatic heterocycles. The van der Waals surface area contributed by atoms with Gasteiger partial charge < -0.3 is 10.1 Å². The summed E-state index contributed by atoms with van der Waals surface area (Å²) >= 11 is 0. The van der Waals surface area contributed by atoms with Gasteiger partial charge in [0.2, 0.25) is 0 Å². The van der Waals surface area contributed by atoms with Crippen LogP contribution in [-0.4, -0.2) is 18.4 Å². The van der Waals surface area contributed by atoms with Gasteiger partial charge in [0.05, 0.1) is 12.2 Å². The Morgan fingerprint density at radius 3 is 2.17 bits per heavy atom. The van der Waals surface area contributed by atoms with Crippen molar-refractivity contribution in [3.05, 3.63) is 77.5 Å². The summed E-state index contributed by atoms with van der Waals surface area (Å²) in [6.45, 7) is 4.71. The summed E-state index contributed by atoms with van der Waals surface area (Å²) < 4.78 is 5.19. The minimum Gasteiger partial charge on any atom is -0.462 e. The van der Waals surface area contributed by atoms with Crippen molar-refractivity contribution in [2.75, 3.05) is 11.9 Å². The maximum atomic E-state index is 12.3. The van der Waals surface area contributed by atoms with Crippen LogP contribution in [0.4, 0.5) is 5.69 Å². The minimum absolute atomic E-state index is 0.0452. The maximum Gasteiger partial charge on any atom is 0.338 e. The third-order valence-electron chi connectivity index (χ3n) is 4.89. The molecule has 2 aromatic carbocycles. The molecule has 0 aliphatic carbocycles. The average Bonchev–Trinajstić information content (AvgIpc) is 2.77. The van der Waals surface area contributed by atoms with Gasteiger partial charge in [-0.3, -0.25) is 4.79 Å². The molecule has 0 unspecified atom stereocenters. The average molecular weight is 408 g/mol. The van der Waals surface area contributed by atoms with Gasteiger partial charge in [-0.05, 0) is 49.1 Å². The van der Waals surface area contributed by atoms with Crippen LogP contribution in [0.25, 0.3) is 0 Å². The van der Waals surface area contributed by atoms with Gasteiger partial charge in [-0.25, -0.2) is 4.79 Å². The molecule has 4 heteroatoms. The molecule has 0 bridgehead atoms. The highest BCUT2D eigenvalue weighted by Gasteiger charge is 2.06. The van der Waals surface area contributed by atoms with Crippen molar-refractivity contribution in [1.29, 1.82) is 0 Å². The number of hydrogen-bond acceptors (Lipinski definition) is 4. The molecule has 0 fully saturated rings. The van der Waals surface area contributed by atoms with Crippen LogP contribution < -0.4 is 5.32 Å². The van der Waals surface area contributed by atoms with Gasteiger partial charge in [-0.15, -0.1) is 0 Å². The molecule has 2 aromatic rings. The Morgan fingerprint density at radius 1 is 0.833 bits per heavy atom. The first kappa shape index (κ1) is 23.4. The minimum atomic E-state index is -0.311. The number of nitrogens with one attached hydrogen (secondary N) is 1. The predicted molar refractivity (Wildman–Crippen MR) is 123 cm³/mol. The molecule has 0 radical (unpaired) electrons. The summed E-state index contributed by atoms with van der Waals surface area (Å²) in [7, 11) is 0. The molecule has 2 rings (SSSR count). The van der Waals surface area contributed by atoms with Crippen LogP contribution >= 0.6 is 0 Å². The summed E-state index contributed by atoms with van der Waals surface area (Å²) in [4.78, 5) is 24.2. The largest absolute Gasteiger partial charge is 0.462 e. The van der Waals surface area contributed by atoms with Crippen LogP contribution in [0.1, 0.15) is 78.7 Å². The molecule has 4 nitrogen and oxygen atoms in total. The summed E-state index contributed by atoms with van der Waals surface area (Å²) in [5, 5.41) is 3.06. The van der Waals surface area contributed by atoms with Gasteiger partial charge in [-0.2, -0.15) is 0 Å². The predicted octanol–water partition coefficient (Wildman–Crippen LogP) is 6.57. The SMILES string of the molecule is CCCCCCc1ccc(C(=O)/C=C/Nc2ccc(C(=O)OCCCC)cc2)cc1. The van der Waals surface area contributed by atoms with Crippen LogP contribution in [0.2, 0.25) is 0 Å². The number of carbonyl (C=O) groups excluding carboxylic acids is 2. The number of ketones is 1. The van der Waals surface area contributed by atoms with E-state index in [1.54, 1.807) is 30.5 Å². The van der Waals surface area contributed by atoms with Crippen molar-refractivity contribution in [2.45, 2.75) is 58.8 Å². The first-order valence-corrected chi connectivity index (χ1v) is 11.0. The smallest absolute Gasteiger partial charge is 0.338 e. The zero-order valence-corrected chi connectivity index (χ0v) is 18.2. The highest BCUT2D eigenvalue weighted by Crippen LogP contribution is 2.13. The van der Waals surface area contributed by atoms with Gasteiger partial charge in [-0.1, -0.05) is 63.8 Å². The quantitative estimate of drug-likeness (QED) is 0.176. The third kappa shape index (κ3) is 8.24. The second-order valence-electron chi connectivity index (χ2n) is 7.42. The van der Waals surface area contributed by atoms with Gasteiger partial charge in [0, 0.05) is 23.5 Å². The zero-order chi connectivity index (χ0) is 21.6. The Kier molecular flexibility index (Phi) is 10.4. The van der Waals surface area contributed by atoms with Gasteiger partial charge in [0.15, 0.2) is 5.78 Å². The molecule has 0 amide bonds. The third-order valence-corrected chi connectivity index (χ3v) is 4.89. The van der Waals surface area contributed by atoms with Crippen molar-refractivity contribution in [3.8, 4) is 0 Å². The lowest BCUT2D eigenvalue weighted by Crippen LogP contribution is -2.06. The van der Waals surface area contributed by atoms with Crippen molar-refractivity contribution in [3.63, 3.8) is 0 Å². The fraction of sp³-hybridized carbons (Fsp3) is 0.385. The number of rotatable bonds is 13. The van der Waals surface area contributed by atoms with E-state index in [2.05, 4.69) is 19.2 Å². The molecule has 30 heavy (non-hydrogen) atoms. The molecule has 0 heterocycles. The molecule has 0 spiro atoms. The van der Waals surface area contributed by atoms with Crippen molar-refractivity contribution >= 4 is 17.4 Å². The van der Waals surface area contributed by atoms with E-state index in [9.17, 15) is 9.59 Å². The van der Waals surface area contributed by atoms with Gasteiger partial charge >= 0.3 is 5.97 Å². The fourth-order valence-electron chi connectivity index (χ4n) is 3.00. The lowest BCUT2D eigenvalue weighted by atomic mass is 10.0. The number of benzene rings is 2. The Balaban J connectivity index is 1.80. The number of anilines is 1.